The Labute approximate surface area is 132 Å². The van der Waals surface area contributed by atoms with E-state index in [0.29, 0.717) is 24.5 Å². The van der Waals surface area contributed by atoms with Gasteiger partial charge in [0.05, 0.1) is 12.7 Å². The Morgan fingerprint density at radius 1 is 1.30 bits per heavy atom. The Balaban J connectivity index is 1.57. The number of carbonyl (C=O) groups excluding carboxylic acids is 2. The molecule has 4 rings (SSSR count). The van der Waals surface area contributed by atoms with Crippen LogP contribution in [0.15, 0.2) is 12.3 Å². The van der Waals surface area contributed by atoms with Crippen LogP contribution in [0, 0.1) is 0 Å². The molecule has 4 heterocycles. The van der Waals surface area contributed by atoms with Gasteiger partial charge in [0, 0.05) is 32.7 Å². The van der Waals surface area contributed by atoms with Crippen molar-refractivity contribution in [2.45, 2.75) is 19.5 Å². The predicted octanol–water partition coefficient (Wildman–Crippen LogP) is 0.233. The Bertz CT molecular complexity index is 791. The summed E-state index contributed by atoms with van der Waals surface area (Å²) in [4.78, 5) is 26.1. The van der Waals surface area contributed by atoms with Gasteiger partial charge in [0.15, 0.2) is 5.69 Å². The summed E-state index contributed by atoms with van der Waals surface area (Å²) < 4.78 is 3.42. The van der Waals surface area contributed by atoms with Gasteiger partial charge < -0.3 is 15.5 Å². The molecule has 0 saturated carbocycles. The number of fused-ring (bicyclic) bond motifs is 2. The molecule has 23 heavy (non-hydrogen) atoms. The summed E-state index contributed by atoms with van der Waals surface area (Å²) in [6, 6.07) is 1.54. The number of hydrogen-bond acceptors (Lipinski definition) is 5. The van der Waals surface area contributed by atoms with E-state index in [1.165, 1.54) is 6.07 Å². The number of likely N-dealkylation sites (N-methyl/N-ethyl adjacent to an activating group) is 1. The number of aryl methyl sites for hydroxylation is 1. The summed E-state index contributed by atoms with van der Waals surface area (Å²) >= 11 is 0. The molecule has 2 aromatic rings. The molecule has 0 bridgehead atoms. The first-order chi connectivity index (χ1) is 11.1. The van der Waals surface area contributed by atoms with E-state index in [1.54, 1.807) is 22.8 Å². The monoisotopic (exact) mass is 315 g/mol. The van der Waals surface area contributed by atoms with Crippen molar-refractivity contribution in [3.05, 3.63) is 23.7 Å². The second-order valence-electron chi connectivity index (χ2n) is 5.73. The molecule has 0 atom stereocenters. The smallest absolute Gasteiger partial charge is 0.276 e. The van der Waals surface area contributed by atoms with Crippen molar-refractivity contribution in [1.29, 1.82) is 0 Å². The maximum Gasteiger partial charge on any atom is 0.276 e. The van der Waals surface area contributed by atoms with Gasteiger partial charge in [0.1, 0.15) is 17.2 Å². The van der Waals surface area contributed by atoms with Crippen LogP contribution in [0.3, 0.4) is 0 Å². The molecule has 0 fully saturated rings. The number of amides is 2. The molecule has 0 saturated heterocycles. The first-order valence-corrected chi connectivity index (χ1v) is 7.58. The van der Waals surface area contributed by atoms with Crippen LogP contribution in [0.25, 0.3) is 0 Å². The first-order valence-electron chi connectivity index (χ1n) is 7.58. The van der Waals surface area contributed by atoms with Crippen LogP contribution in [0.2, 0.25) is 0 Å². The summed E-state index contributed by atoms with van der Waals surface area (Å²) in [6.07, 6.45) is 2.63. The average Bonchev–Trinajstić information content (AvgIpc) is 3.16. The second-order valence-corrected chi connectivity index (χ2v) is 5.73. The summed E-state index contributed by atoms with van der Waals surface area (Å²) in [5.41, 5.74) is 1.31. The first kappa shape index (κ1) is 13.8. The lowest BCUT2D eigenvalue weighted by molar-refractivity contribution is 0.0742. The number of anilines is 2. The van der Waals surface area contributed by atoms with E-state index < -0.39 is 0 Å². The van der Waals surface area contributed by atoms with Gasteiger partial charge in [-0.05, 0) is 6.42 Å². The maximum atomic E-state index is 12.4. The fourth-order valence-electron chi connectivity index (χ4n) is 2.87. The predicted molar refractivity (Wildman–Crippen MR) is 82.5 cm³/mol. The van der Waals surface area contributed by atoms with Crippen LogP contribution >= 0.6 is 0 Å². The van der Waals surface area contributed by atoms with Crippen LogP contribution in [0.4, 0.5) is 11.5 Å². The maximum absolute atomic E-state index is 12.4. The third-order valence-corrected chi connectivity index (χ3v) is 4.15. The summed E-state index contributed by atoms with van der Waals surface area (Å²) in [5, 5.41) is 14.5. The van der Waals surface area contributed by atoms with Crippen LogP contribution in [-0.2, 0) is 13.1 Å². The highest BCUT2D eigenvalue weighted by atomic mass is 16.2. The largest absolute Gasteiger partial charge is 0.368 e. The number of carbonyl (C=O) groups is 2. The van der Waals surface area contributed by atoms with E-state index in [1.807, 2.05) is 4.68 Å². The summed E-state index contributed by atoms with van der Waals surface area (Å²) in [7, 11) is 1.74. The minimum atomic E-state index is -0.342. The second kappa shape index (κ2) is 5.11. The molecule has 2 aliphatic heterocycles. The van der Waals surface area contributed by atoms with E-state index in [0.717, 1.165) is 25.3 Å². The van der Waals surface area contributed by atoms with Crippen LogP contribution in [0.5, 0.6) is 0 Å². The van der Waals surface area contributed by atoms with Gasteiger partial charge in [-0.1, -0.05) is 0 Å². The van der Waals surface area contributed by atoms with E-state index in [9.17, 15) is 9.59 Å². The Morgan fingerprint density at radius 2 is 2.17 bits per heavy atom. The lowest BCUT2D eigenvalue weighted by Gasteiger charge is -2.22. The SMILES string of the molecule is CN1CCn2nc(C(=O)Nc3cnn4c3NCCC4)cc2C1=O. The van der Waals surface area contributed by atoms with E-state index in [2.05, 4.69) is 20.8 Å². The van der Waals surface area contributed by atoms with Crippen molar-refractivity contribution in [1.82, 2.24) is 24.5 Å². The van der Waals surface area contributed by atoms with E-state index in [4.69, 9.17) is 0 Å². The molecular formula is C14H17N7O2. The lowest BCUT2D eigenvalue weighted by Crippen LogP contribution is -2.37. The average molecular weight is 315 g/mol. The third kappa shape index (κ3) is 2.24. The lowest BCUT2D eigenvalue weighted by atomic mass is 10.2. The molecule has 2 aliphatic rings. The summed E-state index contributed by atoms with van der Waals surface area (Å²) in [6.45, 7) is 2.87. The normalized spacial score (nSPS) is 16.6. The third-order valence-electron chi connectivity index (χ3n) is 4.15. The zero-order chi connectivity index (χ0) is 16.0. The Morgan fingerprint density at radius 3 is 3.04 bits per heavy atom. The molecule has 2 amide bonds. The summed E-state index contributed by atoms with van der Waals surface area (Å²) in [5.74, 6) is 0.349. The highest BCUT2D eigenvalue weighted by Crippen LogP contribution is 2.24. The van der Waals surface area contributed by atoms with Crippen molar-refractivity contribution in [3.8, 4) is 0 Å². The van der Waals surface area contributed by atoms with E-state index in [-0.39, 0.29) is 17.5 Å². The fourth-order valence-corrected chi connectivity index (χ4v) is 2.87. The zero-order valence-corrected chi connectivity index (χ0v) is 12.7. The van der Waals surface area contributed by atoms with E-state index >= 15 is 0 Å². The molecule has 0 radical (unpaired) electrons. The van der Waals surface area contributed by atoms with Crippen LogP contribution in [0.1, 0.15) is 27.4 Å². The Kier molecular flexibility index (Phi) is 3.07. The van der Waals surface area contributed by atoms with Crippen molar-refractivity contribution < 1.29 is 9.59 Å². The molecule has 0 unspecified atom stereocenters. The van der Waals surface area contributed by atoms with Gasteiger partial charge >= 0.3 is 0 Å². The minimum Gasteiger partial charge on any atom is -0.368 e. The fraction of sp³-hybridized carbons (Fsp3) is 0.429. The van der Waals surface area contributed by atoms with Gasteiger partial charge in [-0.2, -0.15) is 10.2 Å². The van der Waals surface area contributed by atoms with Crippen molar-refractivity contribution in [3.63, 3.8) is 0 Å². The molecule has 2 aromatic heterocycles. The molecule has 120 valence electrons. The number of aromatic nitrogens is 4. The van der Waals surface area contributed by atoms with Gasteiger partial charge in [-0.25, -0.2) is 4.68 Å². The Hall–Kier alpha value is -2.84. The van der Waals surface area contributed by atoms with Gasteiger partial charge in [0.25, 0.3) is 11.8 Å². The van der Waals surface area contributed by atoms with Gasteiger partial charge in [-0.15, -0.1) is 0 Å². The van der Waals surface area contributed by atoms with Crippen molar-refractivity contribution in [2.75, 3.05) is 30.8 Å². The van der Waals surface area contributed by atoms with Crippen LogP contribution in [-0.4, -0.2) is 56.4 Å². The van der Waals surface area contributed by atoms with Crippen molar-refractivity contribution in [2.24, 2.45) is 0 Å². The van der Waals surface area contributed by atoms with Crippen LogP contribution < -0.4 is 10.6 Å². The molecule has 0 aliphatic carbocycles. The minimum absolute atomic E-state index is 0.118. The molecule has 9 nitrogen and oxygen atoms in total. The number of rotatable bonds is 2. The quantitative estimate of drug-likeness (QED) is 0.827. The molecule has 0 aromatic carbocycles. The van der Waals surface area contributed by atoms with Gasteiger partial charge in [0.2, 0.25) is 0 Å². The highest BCUT2D eigenvalue weighted by molar-refractivity contribution is 6.06. The number of nitrogens with zero attached hydrogens (tertiary/aromatic N) is 5. The topological polar surface area (TPSA) is 97.1 Å². The number of hydrogen-bond donors (Lipinski definition) is 2. The standard InChI is InChI=1S/C14H17N7O2/c1-19-5-6-20-11(14(19)23)7-9(18-20)13(22)17-10-8-16-21-4-2-3-15-12(10)21/h7-8,15H,2-6H2,1H3,(H,17,22). The molecular weight excluding hydrogens is 298 g/mol. The van der Waals surface area contributed by atoms with Gasteiger partial charge in [-0.3, -0.25) is 14.3 Å². The highest BCUT2D eigenvalue weighted by Gasteiger charge is 2.26. The molecule has 9 heteroatoms. The number of nitrogens with one attached hydrogen (secondary N) is 2. The molecule has 2 N–H and O–H groups in total. The van der Waals surface area contributed by atoms with Crippen molar-refractivity contribution >= 4 is 23.3 Å². The molecule has 0 spiro atoms. The zero-order valence-electron chi connectivity index (χ0n) is 12.7.